The van der Waals surface area contributed by atoms with Crippen molar-refractivity contribution in [1.29, 1.82) is 0 Å². The van der Waals surface area contributed by atoms with Gasteiger partial charge < -0.3 is 0 Å². The van der Waals surface area contributed by atoms with Crippen molar-refractivity contribution in [3.8, 4) is 22.3 Å². The summed E-state index contributed by atoms with van der Waals surface area (Å²) < 4.78 is 0. The van der Waals surface area contributed by atoms with Crippen LogP contribution in [0.25, 0.3) is 33.4 Å². The maximum atomic E-state index is 2.27. The lowest BCUT2D eigenvalue weighted by Crippen LogP contribution is -1.90. The Morgan fingerprint density at radius 2 is 0.423 bits per heavy atom. The second-order valence-corrected chi connectivity index (χ2v) is 6.93. The van der Waals surface area contributed by atoms with E-state index in [1.165, 1.54) is 55.7 Å². The fraction of sp³-hybridized carbons (Fsp3) is 0. The third kappa shape index (κ3) is 1.69. The average molecular weight is 328 g/mol. The van der Waals surface area contributed by atoms with Gasteiger partial charge in [-0.1, -0.05) is 97.1 Å². The maximum absolute atomic E-state index is 2.27. The molecule has 4 aromatic rings. The average Bonchev–Trinajstić information content (AvgIpc) is 3.21. The van der Waals surface area contributed by atoms with Crippen LogP contribution >= 0.6 is 0 Å². The first-order valence-corrected chi connectivity index (χ1v) is 9.06. The lowest BCUT2D eigenvalue weighted by Gasteiger charge is -2.11. The number of fused-ring (bicyclic) bond motifs is 6. The first-order valence-electron chi connectivity index (χ1n) is 9.06. The van der Waals surface area contributed by atoms with E-state index in [-0.39, 0.29) is 0 Å². The van der Waals surface area contributed by atoms with Gasteiger partial charge in [-0.15, -0.1) is 0 Å². The molecule has 26 heavy (non-hydrogen) atoms. The second kappa shape index (κ2) is 5.06. The van der Waals surface area contributed by atoms with Gasteiger partial charge in [-0.2, -0.15) is 0 Å². The number of hydrogen-bond donors (Lipinski definition) is 0. The molecule has 0 amide bonds. The van der Waals surface area contributed by atoms with E-state index in [1.54, 1.807) is 0 Å². The standard InChI is InChI=1S/C26H16/c1-5-13-21-17(9-1)18-10-2-6-14-22(18)25(21)26-23-15-7-3-11-19(23)20-12-4-8-16-24(20)26/h1-16H. The molecule has 0 atom stereocenters. The fourth-order valence-corrected chi connectivity index (χ4v) is 4.57. The number of hydrogen-bond acceptors (Lipinski definition) is 0. The lowest BCUT2D eigenvalue weighted by atomic mass is 9.92. The Hall–Kier alpha value is -3.38. The third-order valence-electron chi connectivity index (χ3n) is 5.62. The zero-order valence-corrected chi connectivity index (χ0v) is 14.2. The Labute approximate surface area is 153 Å². The van der Waals surface area contributed by atoms with Gasteiger partial charge in [-0.3, -0.25) is 0 Å². The van der Waals surface area contributed by atoms with E-state index in [9.17, 15) is 0 Å². The molecule has 0 heterocycles. The molecule has 0 nitrogen and oxygen atoms in total. The summed E-state index contributed by atoms with van der Waals surface area (Å²) in [4.78, 5) is 0. The van der Waals surface area contributed by atoms with E-state index in [2.05, 4.69) is 97.1 Å². The predicted octanol–water partition coefficient (Wildman–Crippen LogP) is 6.65. The van der Waals surface area contributed by atoms with Crippen molar-refractivity contribution >= 4 is 11.1 Å². The molecule has 0 fully saturated rings. The molecule has 0 saturated heterocycles. The second-order valence-electron chi connectivity index (χ2n) is 6.93. The predicted molar refractivity (Wildman–Crippen MR) is 109 cm³/mol. The molecule has 0 saturated carbocycles. The van der Waals surface area contributed by atoms with E-state index < -0.39 is 0 Å². The molecule has 0 bridgehead atoms. The third-order valence-corrected chi connectivity index (χ3v) is 5.62. The SMILES string of the molecule is c1ccc2c(c1)C(=C1c3ccccc3-c3ccccc31)c1ccccc1-2. The summed E-state index contributed by atoms with van der Waals surface area (Å²) in [6.45, 7) is 0. The molecule has 2 aliphatic carbocycles. The Bertz CT molecular complexity index is 1030. The van der Waals surface area contributed by atoms with Crippen LogP contribution in [-0.2, 0) is 0 Å². The van der Waals surface area contributed by atoms with Gasteiger partial charge in [0.1, 0.15) is 0 Å². The summed E-state index contributed by atoms with van der Waals surface area (Å²) in [6.07, 6.45) is 0. The summed E-state index contributed by atoms with van der Waals surface area (Å²) in [5.41, 5.74) is 13.5. The van der Waals surface area contributed by atoms with Crippen molar-refractivity contribution in [3.63, 3.8) is 0 Å². The van der Waals surface area contributed by atoms with Crippen LogP contribution in [0.1, 0.15) is 22.3 Å². The van der Waals surface area contributed by atoms with Crippen LogP contribution in [0.4, 0.5) is 0 Å². The van der Waals surface area contributed by atoms with Crippen LogP contribution in [0, 0.1) is 0 Å². The van der Waals surface area contributed by atoms with Crippen LogP contribution in [0.2, 0.25) is 0 Å². The Kier molecular flexibility index (Phi) is 2.70. The monoisotopic (exact) mass is 328 g/mol. The van der Waals surface area contributed by atoms with E-state index in [1.807, 2.05) is 0 Å². The summed E-state index contributed by atoms with van der Waals surface area (Å²) in [6, 6.07) is 35.2. The minimum absolute atomic E-state index is 1.34. The summed E-state index contributed by atoms with van der Waals surface area (Å²) >= 11 is 0. The van der Waals surface area contributed by atoms with Gasteiger partial charge in [-0.25, -0.2) is 0 Å². The highest BCUT2D eigenvalue weighted by atomic mass is 14.3. The molecule has 120 valence electrons. The van der Waals surface area contributed by atoms with Crippen molar-refractivity contribution in [2.45, 2.75) is 0 Å². The molecule has 0 unspecified atom stereocenters. The first kappa shape index (κ1) is 13.9. The van der Waals surface area contributed by atoms with Crippen LogP contribution in [0.3, 0.4) is 0 Å². The fourth-order valence-electron chi connectivity index (χ4n) is 4.57. The van der Waals surface area contributed by atoms with Gasteiger partial charge in [0, 0.05) is 0 Å². The first-order chi connectivity index (χ1) is 12.9. The van der Waals surface area contributed by atoms with E-state index >= 15 is 0 Å². The summed E-state index contributed by atoms with van der Waals surface area (Å²) in [5.74, 6) is 0. The molecule has 0 spiro atoms. The van der Waals surface area contributed by atoms with Crippen LogP contribution in [0.5, 0.6) is 0 Å². The van der Waals surface area contributed by atoms with E-state index in [4.69, 9.17) is 0 Å². The highest BCUT2D eigenvalue weighted by molar-refractivity contribution is 6.18. The van der Waals surface area contributed by atoms with Crippen LogP contribution in [0.15, 0.2) is 97.1 Å². The number of benzene rings is 4. The summed E-state index contributed by atoms with van der Waals surface area (Å²) in [5, 5.41) is 0. The van der Waals surface area contributed by atoms with E-state index in [0.29, 0.717) is 0 Å². The van der Waals surface area contributed by atoms with Gasteiger partial charge in [-0.05, 0) is 55.7 Å². The molecule has 0 heteroatoms. The van der Waals surface area contributed by atoms with Crippen molar-refractivity contribution < 1.29 is 0 Å². The largest absolute Gasteiger partial charge is 0.0616 e. The molecule has 0 N–H and O–H groups in total. The molecule has 0 aromatic heterocycles. The number of rotatable bonds is 0. The Morgan fingerprint density at radius 3 is 0.654 bits per heavy atom. The van der Waals surface area contributed by atoms with Crippen molar-refractivity contribution in [2.24, 2.45) is 0 Å². The maximum Gasteiger partial charge on any atom is -0.00139 e. The minimum Gasteiger partial charge on any atom is -0.0616 e. The molecule has 2 aliphatic rings. The Morgan fingerprint density at radius 1 is 0.231 bits per heavy atom. The topological polar surface area (TPSA) is 0 Å². The molecular weight excluding hydrogens is 312 g/mol. The van der Waals surface area contributed by atoms with Gasteiger partial charge >= 0.3 is 0 Å². The van der Waals surface area contributed by atoms with Crippen LogP contribution < -0.4 is 0 Å². The van der Waals surface area contributed by atoms with Gasteiger partial charge in [0.25, 0.3) is 0 Å². The molecule has 0 radical (unpaired) electrons. The van der Waals surface area contributed by atoms with Crippen molar-refractivity contribution in [3.05, 3.63) is 119 Å². The van der Waals surface area contributed by atoms with E-state index in [0.717, 1.165) is 0 Å². The van der Waals surface area contributed by atoms with Crippen LogP contribution in [-0.4, -0.2) is 0 Å². The Balaban J connectivity index is 1.82. The summed E-state index contributed by atoms with van der Waals surface area (Å²) in [7, 11) is 0. The highest BCUT2D eigenvalue weighted by Gasteiger charge is 2.31. The van der Waals surface area contributed by atoms with Gasteiger partial charge in [0.15, 0.2) is 0 Å². The zero-order valence-electron chi connectivity index (χ0n) is 14.2. The minimum atomic E-state index is 1.34. The normalized spacial score (nSPS) is 13.2. The van der Waals surface area contributed by atoms with Gasteiger partial charge in [0.2, 0.25) is 0 Å². The van der Waals surface area contributed by atoms with Crippen molar-refractivity contribution in [2.75, 3.05) is 0 Å². The molecule has 4 aromatic carbocycles. The molecule has 6 rings (SSSR count). The highest BCUT2D eigenvalue weighted by Crippen LogP contribution is 2.53. The molecule has 0 aliphatic heterocycles. The van der Waals surface area contributed by atoms with Crippen molar-refractivity contribution in [1.82, 2.24) is 0 Å². The lowest BCUT2D eigenvalue weighted by molar-refractivity contribution is 1.62. The smallest absolute Gasteiger partial charge is 0.00139 e. The van der Waals surface area contributed by atoms with Gasteiger partial charge in [0.05, 0.1) is 0 Å². The zero-order chi connectivity index (χ0) is 17.1. The molecular formula is C26H16. The quantitative estimate of drug-likeness (QED) is 0.293.